The Morgan fingerprint density at radius 2 is 2.04 bits per heavy atom. The Labute approximate surface area is 141 Å². The molecule has 4 rings (SSSR count). The van der Waals surface area contributed by atoms with Crippen molar-refractivity contribution in [1.82, 2.24) is 24.0 Å². The molecule has 2 aromatic heterocycles. The number of aromatic nitrogens is 4. The molecule has 0 unspecified atom stereocenters. The quantitative estimate of drug-likeness (QED) is 0.785. The van der Waals surface area contributed by atoms with Crippen LogP contribution in [0.25, 0.3) is 11.0 Å². The number of aryl methyl sites for hydroxylation is 2. The van der Waals surface area contributed by atoms with Gasteiger partial charge in [-0.05, 0) is 12.1 Å². The van der Waals surface area contributed by atoms with E-state index in [1.54, 1.807) is 0 Å². The number of nitrogens with two attached hydrogens (primary N) is 1. The fourth-order valence-electron chi connectivity index (χ4n) is 3.71. The summed E-state index contributed by atoms with van der Waals surface area (Å²) in [6.45, 7) is 2.88. The van der Waals surface area contributed by atoms with Crippen molar-refractivity contribution < 1.29 is 0 Å². The van der Waals surface area contributed by atoms with Gasteiger partial charge >= 0.3 is 0 Å². The zero-order valence-electron chi connectivity index (χ0n) is 14.3. The highest BCUT2D eigenvalue weighted by molar-refractivity contribution is 5.75. The van der Waals surface area contributed by atoms with Gasteiger partial charge in [-0.3, -0.25) is 0 Å². The zero-order chi connectivity index (χ0) is 16.7. The van der Waals surface area contributed by atoms with Gasteiger partial charge in [-0.15, -0.1) is 0 Å². The molecule has 0 saturated carbocycles. The number of para-hydroxylation sites is 2. The van der Waals surface area contributed by atoms with E-state index < -0.39 is 0 Å². The molecule has 24 heavy (non-hydrogen) atoms. The van der Waals surface area contributed by atoms with Gasteiger partial charge in [-0.1, -0.05) is 12.1 Å². The van der Waals surface area contributed by atoms with E-state index in [-0.39, 0.29) is 6.04 Å². The van der Waals surface area contributed by atoms with E-state index >= 15 is 0 Å². The highest BCUT2D eigenvalue weighted by Crippen LogP contribution is 2.25. The number of rotatable bonds is 4. The van der Waals surface area contributed by atoms with Crippen LogP contribution in [0.2, 0.25) is 0 Å². The monoisotopic (exact) mass is 324 g/mol. The van der Waals surface area contributed by atoms with Crippen LogP contribution in [-0.4, -0.2) is 49.7 Å². The molecule has 0 radical (unpaired) electrons. The average Bonchev–Trinajstić information content (AvgIpc) is 3.24. The summed E-state index contributed by atoms with van der Waals surface area (Å²) < 4.78 is 4.19. The maximum absolute atomic E-state index is 6.36. The summed E-state index contributed by atoms with van der Waals surface area (Å²) in [6.07, 6.45) is 4.87. The molecule has 1 fully saturated rings. The van der Waals surface area contributed by atoms with Crippen LogP contribution >= 0.6 is 0 Å². The second-order valence-corrected chi connectivity index (χ2v) is 6.82. The van der Waals surface area contributed by atoms with Crippen molar-refractivity contribution in [2.45, 2.75) is 18.4 Å². The molecule has 0 spiro atoms. The first-order valence-electron chi connectivity index (χ1n) is 8.48. The molecule has 6 nitrogen and oxygen atoms in total. The first-order chi connectivity index (χ1) is 11.6. The van der Waals surface area contributed by atoms with E-state index in [0.717, 1.165) is 43.1 Å². The van der Waals surface area contributed by atoms with E-state index in [4.69, 9.17) is 10.7 Å². The minimum atomic E-state index is 0.153. The predicted octanol–water partition coefficient (Wildman–Crippen LogP) is 1.28. The van der Waals surface area contributed by atoms with Crippen LogP contribution in [0.1, 0.15) is 17.4 Å². The van der Waals surface area contributed by atoms with Crippen LogP contribution in [0.5, 0.6) is 0 Å². The van der Waals surface area contributed by atoms with Gasteiger partial charge in [0, 0.05) is 58.3 Å². The third-order valence-electron chi connectivity index (χ3n) is 5.08. The van der Waals surface area contributed by atoms with Crippen LogP contribution in [0.15, 0.2) is 36.8 Å². The standard InChI is InChI=1S/C18H24N6/c1-22-11-16(20-12-22)13-9-24(10-14(13)19)8-7-18-21-15-5-3-4-6-17(15)23(18)2/h3-6,11-14H,7-10,19H2,1-2H3/t13-,14-/m1/s1. The number of hydrogen-bond acceptors (Lipinski definition) is 4. The van der Waals surface area contributed by atoms with Crippen molar-refractivity contribution >= 4 is 11.0 Å². The lowest BCUT2D eigenvalue weighted by Gasteiger charge is -2.15. The van der Waals surface area contributed by atoms with E-state index in [1.807, 2.05) is 24.0 Å². The smallest absolute Gasteiger partial charge is 0.110 e. The van der Waals surface area contributed by atoms with Crippen LogP contribution in [0.4, 0.5) is 0 Å². The molecule has 126 valence electrons. The van der Waals surface area contributed by atoms with Gasteiger partial charge in [0.2, 0.25) is 0 Å². The summed E-state index contributed by atoms with van der Waals surface area (Å²) in [7, 11) is 4.09. The summed E-state index contributed by atoms with van der Waals surface area (Å²) in [5.41, 5.74) is 9.73. The molecule has 3 aromatic rings. The van der Waals surface area contributed by atoms with E-state index in [0.29, 0.717) is 5.92 Å². The fraction of sp³-hybridized carbons (Fsp3) is 0.444. The Bertz CT molecular complexity index is 848. The summed E-state index contributed by atoms with van der Waals surface area (Å²) >= 11 is 0. The lowest BCUT2D eigenvalue weighted by atomic mass is 10.0. The Hall–Kier alpha value is -2.18. The Morgan fingerprint density at radius 3 is 2.79 bits per heavy atom. The Balaban J connectivity index is 1.43. The van der Waals surface area contributed by atoms with Crippen molar-refractivity contribution in [2.75, 3.05) is 19.6 Å². The molecule has 1 aliphatic heterocycles. The molecule has 0 bridgehead atoms. The number of imidazole rings is 2. The van der Waals surface area contributed by atoms with Crippen molar-refractivity contribution in [3.8, 4) is 0 Å². The van der Waals surface area contributed by atoms with Gasteiger partial charge in [0.1, 0.15) is 5.82 Å². The zero-order valence-corrected chi connectivity index (χ0v) is 14.3. The van der Waals surface area contributed by atoms with Gasteiger partial charge < -0.3 is 19.8 Å². The van der Waals surface area contributed by atoms with Crippen LogP contribution < -0.4 is 5.73 Å². The SMILES string of the molecule is Cn1cnc([C@@H]2CN(CCc3nc4ccccc4n3C)C[C@H]2N)c1. The highest BCUT2D eigenvalue weighted by Gasteiger charge is 2.32. The van der Waals surface area contributed by atoms with E-state index in [1.165, 1.54) is 5.52 Å². The Kier molecular flexibility index (Phi) is 3.86. The number of benzene rings is 1. The molecular weight excluding hydrogens is 300 g/mol. The van der Waals surface area contributed by atoms with E-state index in [2.05, 4.69) is 45.9 Å². The first-order valence-corrected chi connectivity index (χ1v) is 8.48. The van der Waals surface area contributed by atoms with Gasteiger partial charge in [-0.25, -0.2) is 9.97 Å². The molecule has 2 atom stereocenters. The number of fused-ring (bicyclic) bond motifs is 1. The molecule has 3 heterocycles. The lowest BCUT2D eigenvalue weighted by Crippen LogP contribution is -2.29. The average molecular weight is 324 g/mol. The lowest BCUT2D eigenvalue weighted by molar-refractivity contribution is 0.332. The maximum atomic E-state index is 6.36. The highest BCUT2D eigenvalue weighted by atomic mass is 15.2. The van der Waals surface area contributed by atoms with Gasteiger partial charge in [0.15, 0.2) is 0 Å². The van der Waals surface area contributed by atoms with Crippen LogP contribution in [-0.2, 0) is 20.5 Å². The van der Waals surface area contributed by atoms with Gasteiger partial charge in [-0.2, -0.15) is 0 Å². The molecule has 0 aliphatic carbocycles. The minimum absolute atomic E-state index is 0.153. The Morgan fingerprint density at radius 1 is 1.21 bits per heavy atom. The topological polar surface area (TPSA) is 64.9 Å². The maximum Gasteiger partial charge on any atom is 0.110 e. The fourth-order valence-corrected chi connectivity index (χ4v) is 3.71. The molecular formula is C18H24N6. The van der Waals surface area contributed by atoms with E-state index in [9.17, 15) is 0 Å². The van der Waals surface area contributed by atoms with Crippen molar-refractivity contribution in [1.29, 1.82) is 0 Å². The number of likely N-dealkylation sites (tertiary alicyclic amines) is 1. The first kappa shape index (κ1) is 15.4. The largest absolute Gasteiger partial charge is 0.340 e. The van der Waals surface area contributed by atoms with Crippen molar-refractivity contribution in [3.63, 3.8) is 0 Å². The molecule has 0 amide bonds. The number of nitrogens with zero attached hydrogens (tertiary/aromatic N) is 5. The third-order valence-corrected chi connectivity index (χ3v) is 5.08. The van der Waals surface area contributed by atoms with Crippen LogP contribution in [0.3, 0.4) is 0 Å². The summed E-state index contributed by atoms with van der Waals surface area (Å²) in [5, 5.41) is 0. The second kappa shape index (κ2) is 6.03. The van der Waals surface area contributed by atoms with Crippen molar-refractivity contribution in [3.05, 3.63) is 48.3 Å². The van der Waals surface area contributed by atoms with Crippen molar-refractivity contribution in [2.24, 2.45) is 19.8 Å². The van der Waals surface area contributed by atoms with Crippen LogP contribution in [0, 0.1) is 0 Å². The molecule has 1 saturated heterocycles. The molecule has 6 heteroatoms. The van der Waals surface area contributed by atoms with Gasteiger partial charge in [0.05, 0.1) is 23.1 Å². The summed E-state index contributed by atoms with van der Waals surface area (Å²) in [4.78, 5) is 11.7. The molecule has 1 aromatic carbocycles. The second-order valence-electron chi connectivity index (χ2n) is 6.82. The summed E-state index contributed by atoms with van der Waals surface area (Å²) in [5.74, 6) is 1.46. The normalized spacial score (nSPS) is 21.8. The number of hydrogen-bond donors (Lipinski definition) is 1. The summed E-state index contributed by atoms with van der Waals surface area (Å²) in [6, 6.07) is 8.44. The van der Waals surface area contributed by atoms with Gasteiger partial charge in [0.25, 0.3) is 0 Å². The minimum Gasteiger partial charge on any atom is -0.340 e. The molecule has 1 aliphatic rings. The third kappa shape index (κ3) is 2.72. The predicted molar refractivity (Wildman–Crippen MR) is 94.8 cm³/mol. The molecule has 2 N–H and O–H groups in total.